The van der Waals surface area contributed by atoms with Crippen LogP contribution in [0.15, 0.2) is 52.0 Å². The molecule has 3 aromatic rings. The van der Waals surface area contributed by atoms with Crippen LogP contribution in [0.2, 0.25) is 0 Å². The molecule has 6 heteroatoms. The summed E-state index contributed by atoms with van der Waals surface area (Å²) in [4.78, 5) is 4.29. The molecule has 124 valence electrons. The van der Waals surface area contributed by atoms with E-state index in [-0.39, 0.29) is 6.10 Å². The van der Waals surface area contributed by atoms with E-state index in [1.807, 2.05) is 56.3 Å². The predicted octanol–water partition coefficient (Wildman–Crippen LogP) is 4.07. The van der Waals surface area contributed by atoms with Crippen LogP contribution in [0.3, 0.4) is 0 Å². The zero-order valence-corrected chi connectivity index (χ0v) is 13.8. The number of nitrogens with zero attached hydrogens (tertiary/aromatic N) is 2. The lowest BCUT2D eigenvalue weighted by Gasteiger charge is -2.13. The molecule has 24 heavy (non-hydrogen) atoms. The number of anilines is 1. The van der Waals surface area contributed by atoms with Gasteiger partial charge in [0.15, 0.2) is 17.1 Å². The molecule has 0 fully saturated rings. The molecule has 0 unspecified atom stereocenters. The highest BCUT2D eigenvalue weighted by atomic mass is 16.5. The lowest BCUT2D eigenvalue weighted by Crippen LogP contribution is -2.06. The molecule has 0 spiro atoms. The van der Waals surface area contributed by atoms with E-state index < -0.39 is 0 Å². The van der Waals surface area contributed by atoms with Crippen molar-refractivity contribution in [1.29, 1.82) is 0 Å². The van der Waals surface area contributed by atoms with Crippen molar-refractivity contribution in [2.45, 2.75) is 20.0 Å². The molecule has 0 saturated carbocycles. The smallest absolute Gasteiger partial charge is 0.316 e. The molecule has 0 radical (unpaired) electrons. The fourth-order valence-electron chi connectivity index (χ4n) is 2.20. The van der Waals surface area contributed by atoms with Gasteiger partial charge in [-0.1, -0.05) is 12.1 Å². The lowest BCUT2D eigenvalue weighted by atomic mass is 10.2. The number of hydrogen-bond donors (Lipinski definition) is 1. The number of nitrogens with one attached hydrogen (secondary N) is 1. The van der Waals surface area contributed by atoms with Crippen LogP contribution in [0.1, 0.15) is 19.4 Å². The summed E-state index contributed by atoms with van der Waals surface area (Å²) in [5, 5.41) is 4.15. The van der Waals surface area contributed by atoms with E-state index in [0.717, 1.165) is 11.1 Å². The van der Waals surface area contributed by atoms with Gasteiger partial charge in [-0.05, 0) is 49.7 Å². The van der Waals surface area contributed by atoms with Crippen molar-refractivity contribution in [2.75, 3.05) is 12.5 Å². The Morgan fingerprint density at radius 1 is 1.17 bits per heavy atom. The standard InChI is InChI=1S/C18H19N3O3/c1-12(2)23-16-9-8-13(10-17(16)22-3)11-19-21-18-20-14-6-4-5-7-15(14)24-18/h4-12H,1-3H3,(H,20,21). The van der Waals surface area contributed by atoms with Gasteiger partial charge in [-0.3, -0.25) is 0 Å². The highest BCUT2D eigenvalue weighted by Crippen LogP contribution is 2.28. The van der Waals surface area contributed by atoms with Gasteiger partial charge in [0.1, 0.15) is 5.52 Å². The SMILES string of the molecule is COc1cc(C=NNc2nc3ccccc3o2)ccc1OC(C)C. The van der Waals surface area contributed by atoms with Crippen molar-refractivity contribution >= 4 is 23.3 Å². The number of oxazole rings is 1. The zero-order valence-electron chi connectivity index (χ0n) is 13.8. The second-order valence-electron chi connectivity index (χ2n) is 5.43. The summed E-state index contributed by atoms with van der Waals surface area (Å²) in [6, 6.07) is 13.5. The topological polar surface area (TPSA) is 68.9 Å². The second-order valence-corrected chi connectivity index (χ2v) is 5.43. The minimum absolute atomic E-state index is 0.0826. The maximum atomic E-state index is 5.69. The van der Waals surface area contributed by atoms with E-state index in [2.05, 4.69) is 15.5 Å². The summed E-state index contributed by atoms with van der Waals surface area (Å²) < 4.78 is 16.6. The first-order valence-corrected chi connectivity index (χ1v) is 7.65. The third kappa shape index (κ3) is 3.65. The molecule has 0 atom stereocenters. The van der Waals surface area contributed by atoms with Crippen LogP contribution < -0.4 is 14.9 Å². The van der Waals surface area contributed by atoms with Crippen LogP contribution in [0.4, 0.5) is 6.01 Å². The Morgan fingerprint density at radius 2 is 2.00 bits per heavy atom. The first-order valence-electron chi connectivity index (χ1n) is 7.65. The lowest BCUT2D eigenvalue weighted by molar-refractivity contribution is 0.230. The van der Waals surface area contributed by atoms with E-state index in [9.17, 15) is 0 Å². The van der Waals surface area contributed by atoms with Gasteiger partial charge in [-0.15, -0.1) is 0 Å². The van der Waals surface area contributed by atoms with E-state index in [0.29, 0.717) is 23.1 Å². The van der Waals surface area contributed by atoms with Gasteiger partial charge >= 0.3 is 6.01 Å². The molecule has 0 amide bonds. The Kier molecular flexibility index (Phi) is 4.65. The third-order valence-electron chi connectivity index (χ3n) is 3.22. The minimum Gasteiger partial charge on any atom is -0.493 e. The van der Waals surface area contributed by atoms with Gasteiger partial charge in [0, 0.05) is 0 Å². The predicted molar refractivity (Wildman–Crippen MR) is 94.0 cm³/mol. The van der Waals surface area contributed by atoms with Crippen LogP contribution in [0.25, 0.3) is 11.1 Å². The third-order valence-corrected chi connectivity index (χ3v) is 3.22. The van der Waals surface area contributed by atoms with Crippen LogP contribution in [0, 0.1) is 0 Å². The molecule has 0 aliphatic rings. The Balaban J connectivity index is 1.71. The monoisotopic (exact) mass is 325 g/mol. The number of ether oxygens (including phenoxy) is 2. The Labute approximate surface area is 140 Å². The molecule has 0 aliphatic carbocycles. The number of aromatic nitrogens is 1. The van der Waals surface area contributed by atoms with Crippen LogP contribution >= 0.6 is 0 Å². The van der Waals surface area contributed by atoms with E-state index in [1.165, 1.54) is 0 Å². The number of hydrogen-bond acceptors (Lipinski definition) is 6. The minimum atomic E-state index is 0.0826. The van der Waals surface area contributed by atoms with Crippen LogP contribution in [0.5, 0.6) is 11.5 Å². The molecule has 2 aromatic carbocycles. The van der Waals surface area contributed by atoms with Crippen molar-refractivity contribution < 1.29 is 13.9 Å². The maximum Gasteiger partial charge on any atom is 0.316 e. The molecule has 6 nitrogen and oxygen atoms in total. The van der Waals surface area contributed by atoms with E-state index in [4.69, 9.17) is 13.9 Å². The first kappa shape index (κ1) is 15.9. The Hall–Kier alpha value is -3.02. The van der Waals surface area contributed by atoms with Crippen LogP contribution in [-0.4, -0.2) is 24.4 Å². The molecule has 1 N–H and O–H groups in total. The normalized spacial score (nSPS) is 11.3. The molecule has 3 rings (SSSR count). The van der Waals surface area contributed by atoms with Crippen molar-refractivity contribution in [2.24, 2.45) is 5.10 Å². The molecule has 1 heterocycles. The number of para-hydroxylation sites is 2. The maximum absolute atomic E-state index is 5.69. The highest BCUT2D eigenvalue weighted by molar-refractivity contribution is 5.81. The van der Waals surface area contributed by atoms with Gasteiger partial charge in [0.25, 0.3) is 0 Å². The fourth-order valence-corrected chi connectivity index (χ4v) is 2.20. The van der Waals surface area contributed by atoms with Gasteiger partial charge in [0.2, 0.25) is 0 Å². The van der Waals surface area contributed by atoms with E-state index in [1.54, 1.807) is 13.3 Å². The summed E-state index contributed by atoms with van der Waals surface area (Å²) >= 11 is 0. The number of hydrazone groups is 1. The van der Waals surface area contributed by atoms with Crippen molar-refractivity contribution in [1.82, 2.24) is 4.98 Å². The largest absolute Gasteiger partial charge is 0.493 e. The molecule has 0 aliphatic heterocycles. The molecular weight excluding hydrogens is 306 g/mol. The van der Waals surface area contributed by atoms with Crippen molar-refractivity contribution in [3.05, 3.63) is 48.0 Å². The first-order chi connectivity index (χ1) is 11.7. The number of benzene rings is 2. The number of fused-ring (bicyclic) bond motifs is 1. The number of methoxy groups -OCH3 is 1. The summed E-state index contributed by atoms with van der Waals surface area (Å²) in [5.41, 5.74) is 5.15. The van der Waals surface area contributed by atoms with Gasteiger partial charge in [-0.25, -0.2) is 5.43 Å². The van der Waals surface area contributed by atoms with Crippen molar-refractivity contribution in [3.8, 4) is 11.5 Å². The number of rotatable bonds is 6. The average molecular weight is 325 g/mol. The van der Waals surface area contributed by atoms with Crippen molar-refractivity contribution in [3.63, 3.8) is 0 Å². The van der Waals surface area contributed by atoms with E-state index >= 15 is 0 Å². The summed E-state index contributed by atoms with van der Waals surface area (Å²) in [5.74, 6) is 1.37. The molecular formula is C18H19N3O3. The summed E-state index contributed by atoms with van der Waals surface area (Å²) in [7, 11) is 1.61. The molecule has 0 saturated heterocycles. The molecule has 0 bridgehead atoms. The van der Waals surface area contributed by atoms with Gasteiger partial charge in [0.05, 0.1) is 19.4 Å². The summed E-state index contributed by atoms with van der Waals surface area (Å²) in [6.45, 7) is 3.94. The average Bonchev–Trinajstić information content (AvgIpc) is 2.98. The second kappa shape index (κ2) is 7.04. The quantitative estimate of drug-likeness (QED) is 0.546. The summed E-state index contributed by atoms with van der Waals surface area (Å²) in [6.07, 6.45) is 1.75. The van der Waals surface area contributed by atoms with Gasteiger partial charge < -0.3 is 13.9 Å². The zero-order chi connectivity index (χ0) is 16.9. The Morgan fingerprint density at radius 3 is 2.75 bits per heavy atom. The fraction of sp³-hybridized carbons (Fsp3) is 0.222. The Bertz CT molecular complexity index is 823. The van der Waals surface area contributed by atoms with Crippen LogP contribution in [-0.2, 0) is 0 Å². The van der Waals surface area contributed by atoms with Gasteiger partial charge in [-0.2, -0.15) is 10.1 Å². The highest BCUT2D eigenvalue weighted by Gasteiger charge is 2.07. The molecule has 1 aromatic heterocycles.